The minimum Gasteiger partial charge on any atom is -0.496 e. The van der Waals surface area contributed by atoms with Gasteiger partial charge in [0, 0.05) is 17.7 Å². The van der Waals surface area contributed by atoms with Crippen LogP contribution in [-0.4, -0.2) is 13.0 Å². The molecule has 5 nitrogen and oxygen atoms in total. The van der Waals surface area contributed by atoms with Crippen LogP contribution >= 0.6 is 0 Å². The minimum absolute atomic E-state index is 0.00869. The molecule has 0 spiro atoms. The van der Waals surface area contributed by atoms with E-state index in [1.807, 2.05) is 24.3 Å². The molecule has 1 fully saturated rings. The predicted octanol–water partition coefficient (Wildman–Crippen LogP) is 3.82. The van der Waals surface area contributed by atoms with Crippen LogP contribution in [0, 0.1) is 5.92 Å². The van der Waals surface area contributed by atoms with Crippen molar-refractivity contribution in [2.45, 2.75) is 12.8 Å². The highest BCUT2D eigenvalue weighted by molar-refractivity contribution is 5.96. The number of para-hydroxylation sites is 1. The topological polar surface area (TPSA) is 68.5 Å². The van der Waals surface area contributed by atoms with Gasteiger partial charge in [0.15, 0.2) is 5.43 Å². The third-order valence-corrected chi connectivity index (χ3v) is 4.32. The number of hydrogen-bond donors (Lipinski definition) is 1. The predicted molar refractivity (Wildman–Crippen MR) is 95.8 cm³/mol. The van der Waals surface area contributed by atoms with E-state index in [4.69, 9.17) is 9.15 Å². The molecule has 0 bridgehead atoms. The molecule has 2 aromatic carbocycles. The van der Waals surface area contributed by atoms with Crippen molar-refractivity contribution < 1.29 is 13.9 Å². The van der Waals surface area contributed by atoms with Crippen LogP contribution in [0.25, 0.3) is 22.3 Å². The van der Waals surface area contributed by atoms with Gasteiger partial charge in [-0.25, -0.2) is 0 Å². The standard InChI is InChI=1S/C20H17NO4/c1-24-17-5-3-2-4-14(17)19-11-16(22)15-10-13(8-9-18(15)25-19)21-20(23)12-6-7-12/h2-5,8-12H,6-7H2,1H3,(H,21,23). The van der Waals surface area contributed by atoms with Crippen LogP contribution in [0.3, 0.4) is 0 Å². The van der Waals surface area contributed by atoms with Gasteiger partial charge in [-0.15, -0.1) is 0 Å². The van der Waals surface area contributed by atoms with Crippen molar-refractivity contribution in [3.63, 3.8) is 0 Å². The van der Waals surface area contributed by atoms with E-state index in [1.165, 1.54) is 6.07 Å². The lowest BCUT2D eigenvalue weighted by molar-refractivity contribution is -0.117. The quantitative estimate of drug-likeness (QED) is 0.787. The average Bonchev–Trinajstić information content (AvgIpc) is 3.47. The Labute approximate surface area is 144 Å². The molecule has 0 aliphatic heterocycles. The average molecular weight is 335 g/mol. The molecule has 0 atom stereocenters. The molecule has 0 saturated heterocycles. The number of carbonyl (C=O) groups is 1. The van der Waals surface area contributed by atoms with Crippen LogP contribution in [0.1, 0.15) is 12.8 Å². The summed E-state index contributed by atoms with van der Waals surface area (Å²) >= 11 is 0. The van der Waals surface area contributed by atoms with E-state index in [0.717, 1.165) is 18.4 Å². The lowest BCUT2D eigenvalue weighted by Crippen LogP contribution is -2.13. The Balaban J connectivity index is 1.75. The first-order chi connectivity index (χ1) is 12.2. The Morgan fingerprint density at radius 3 is 2.72 bits per heavy atom. The van der Waals surface area contributed by atoms with Gasteiger partial charge in [-0.05, 0) is 43.2 Å². The number of fused-ring (bicyclic) bond motifs is 1. The first-order valence-corrected chi connectivity index (χ1v) is 8.18. The van der Waals surface area contributed by atoms with Gasteiger partial charge in [0.2, 0.25) is 5.91 Å². The number of ether oxygens (including phenoxy) is 1. The lowest BCUT2D eigenvalue weighted by Gasteiger charge is -2.09. The van der Waals surface area contributed by atoms with Gasteiger partial charge >= 0.3 is 0 Å². The van der Waals surface area contributed by atoms with Gasteiger partial charge in [-0.3, -0.25) is 9.59 Å². The number of rotatable bonds is 4. The largest absolute Gasteiger partial charge is 0.496 e. The normalized spacial score (nSPS) is 13.6. The molecule has 5 heteroatoms. The maximum absolute atomic E-state index is 12.5. The van der Waals surface area contributed by atoms with Crippen LogP contribution < -0.4 is 15.5 Å². The van der Waals surface area contributed by atoms with Crippen molar-refractivity contribution in [3.8, 4) is 17.1 Å². The van der Waals surface area contributed by atoms with Crippen LogP contribution in [-0.2, 0) is 4.79 Å². The summed E-state index contributed by atoms with van der Waals surface area (Å²) in [5.74, 6) is 1.21. The number of nitrogens with one attached hydrogen (secondary N) is 1. The van der Waals surface area contributed by atoms with Gasteiger partial charge in [-0.1, -0.05) is 12.1 Å². The summed E-state index contributed by atoms with van der Waals surface area (Å²) in [6.07, 6.45) is 1.87. The zero-order valence-electron chi connectivity index (χ0n) is 13.7. The van der Waals surface area contributed by atoms with Gasteiger partial charge in [0.05, 0.1) is 18.1 Å². The number of hydrogen-bond acceptors (Lipinski definition) is 4. The Bertz CT molecular complexity index is 1020. The number of anilines is 1. The smallest absolute Gasteiger partial charge is 0.227 e. The fourth-order valence-electron chi connectivity index (χ4n) is 2.80. The van der Waals surface area contributed by atoms with Crippen molar-refractivity contribution in [2.24, 2.45) is 5.92 Å². The van der Waals surface area contributed by atoms with E-state index >= 15 is 0 Å². The van der Waals surface area contributed by atoms with Crippen molar-refractivity contribution in [1.29, 1.82) is 0 Å². The van der Waals surface area contributed by atoms with Gasteiger partial charge in [0.1, 0.15) is 17.1 Å². The van der Waals surface area contributed by atoms with Crippen molar-refractivity contribution in [2.75, 3.05) is 12.4 Å². The van der Waals surface area contributed by atoms with E-state index in [2.05, 4.69) is 5.32 Å². The maximum Gasteiger partial charge on any atom is 0.227 e. The minimum atomic E-state index is -0.162. The second-order valence-corrected chi connectivity index (χ2v) is 6.15. The van der Waals surface area contributed by atoms with Crippen molar-refractivity contribution in [1.82, 2.24) is 0 Å². The first-order valence-electron chi connectivity index (χ1n) is 8.18. The van der Waals surface area contributed by atoms with Crippen LogP contribution in [0.5, 0.6) is 5.75 Å². The van der Waals surface area contributed by atoms with Gasteiger partial charge in [0.25, 0.3) is 0 Å². The summed E-state index contributed by atoms with van der Waals surface area (Å²) in [5.41, 5.74) is 1.64. The Kier molecular flexibility index (Phi) is 3.76. The molecule has 1 heterocycles. The molecule has 1 aliphatic carbocycles. The molecular weight excluding hydrogens is 318 g/mol. The van der Waals surface area contributed by atoms with E-state index in [1.54, 1.807) is 25.3 Å². The summed E-state index contributed by atoms with van der Waals surface area (Å²) in [6, 6.07) is 13.9. The second-order valence-electron chi connectivity index (χ2n) is 6.15. The molecule has 126 valence electrons. The van der Waals surface area contributed by atoms with Gasteiger partial charge < -0.3 is 14.5 Å². The summed E-state index contributed by atoms with van der Waals surface area (Å²) in [6.45, 7) is 0. The van der Waals surface area contributed by atoms with Crippen molar-refractivity contribution in [3.05, 3.63) is 58.8 Å². The Morgan fingerprint density at radius 2 is 1.96 bits per heavy atom. The molecule has 4 rings (SSSR count). The fraction of sp³-hybridized carbons (Fsp3) is 0.200. The van der Waals surface area contributed by atoms with Crippen LogP contribution in [0.15, 0.2) is 57.7 Å². The van der Waals surface area contributed by atoms with Crippen molar-refractivity contribution >= 4 is 22.6 Å². The molecule has 0 unspecified atom stereocenters. The molecule has 1 aliphatic rings. The molecule has 1 aromatic heterocycles. The highest BCUT2D eigenvalue weighted by Gasteiger charge is 2.29. The number of methoxy groups -OCH3 is 1. The summed E-state index contributed by atoms with van der Waals surface area (Å²) in [4.78, 5) is 24.4. The van der Waals surface area contributed by atoms with E-state index in [0.29, 0.717) is 28.2 Å². The fourth-order valence-corrected chi connectivity index (χ4v) is 2.80. The molecule has 25 heavy (non-hydrogen) atoms. The third-order valence-electron chi connectivity index (χ3n) is 4.32. The molecule has 1 amide bonds. The summed E-state index contributed by atoms with van der Waals surface area (Å²) < 4.78 is 11.2. The van der Waals surface area contributed by atoms with E-state index in [-0.39, 0.29) is 17.3 Å². The SMILES string of the molecule is COc1ccccc1-c1cc(=O)c2cc(NC(=O)C3CC3)ccc2o1. The summed E-state index contributed by atoms with van der Waals surface area (Å²) in [5, 5.41) is 3.29. The number of amides is 1. The number of benzene rings is 2. The third kappa shape index (κ3) is 3.01. The molecule has 1 N–H and O–H groups in total. The molecule has 0 radical (unpaired) electrons. The Morgan fingerprint density at radius 1 is 1.16 bits per heavy atom. The maximum atomic E-state index is 12.5. The van der Waals surface area contributed by atoms with Gasteiger partial charge in [-0.2, -0.15) is 0 Å². The zero-order chi connectivity index (χ0) is 17.4. The molecule has 1 saturated carbocycles. The Hall–Kier alpha value is -3.08. The highest BCUT2D eigenvalue weighted by atomic mass is 16.5. The second kappa shape index (κ2) is 6.09. The van der Waals surface area contributed by atoms with E-state index in [9.17, 15) is 9.59 Å². The van der Waals surface area contributed by atoms with E-state index < -0.39 is 0 Å². The van der Waals surface area contributed by atoms with Crippen LogP contribution in [0.4, 0.5) is 5.69 Å². The first kappa shape index (κ1) is 15.4. The number of carbonyl (C=O) groups excluding carboxylic acids is 1. The summed E-state index contributed by atoms with van der Waals surface area (Å²) in [7, 11) is 1.58. The highest BCUT2D eigenvalue weighted by Crippen LogP contribution is 2.32. The zero-order valence-corrected chi connectivity index (χ0v) is 13.7. The molecule has 3 aromatic rings. The van der Waals surface area contributed by atoms with Crippen LogP contribution in [0.2, 0.25) is 0 Å². The lowest BCUT2D eigenvalue weighted by atomic mass is 10.1. The monoisotopic (exact) mass is 335 g/mol. The molecular formula is C20H17NO4.